The maximum atomic E-state index is 6.90. The number of imidazole rings is 1. The number of fused-ring (bicyclic) bond motifs is 1. The van der Waals surface area contributed by atoms with E-state index >= 15 is 0 Å². The molecule has 2 aromatic heterocycles. The minimum atomic E-state index is 0.617. The molecule has 0 bridgehead atoms. The van der Waals surface area contributed by atoms with Crippen molar-refractivity contribution >= 4 is 28.3 Å². The summed E-state index contributed by atoms with van der Waals surface area (Å²) < 4.78 is 3.88. The Hall–Kier alpha value is -2.81. The van der Waals surface area contributed by atoms with Crippen LogP contribution in [0.1, 0.15) is 5.56 Å². The van der Waals surface area contributed by atoms with Crippen molar-refractivity contribution in [2.24, 2.45) is 0 Å². The predicted octanol–water partition coefficient (Wildman–Crippen LogP) is 2.45. The van der Waals surface area contributed by atoms with Crippen molar-refractivity contribution in [3.63, 3.8) is 0 Å². The fourth-order valence-electron chi connectivity index (χ4n) is 3.93. The van der Waals surface area contributed by atoms with Crippen LogP contribution in [0.25, 0.3) is 22.1 Å². The number of likely N-dealkylation sites (N-methyl/N-ethyl adjacent to an activating group) is 1. The number of hydrogen-bond donors (Lipinski definition) is 2. The lowest BCUT2D eigenvalue weighted by atomic mass is 10.1. The third-order valence-corrected chi connectivity index (χ3v) is 6.08. The quantitative estimate of drug-likeness (QED) is 0.655. The minimum Gasteiger partial charge on any atom is -0.304 e. The lowest BCUT2D eigenvalue weighted by molar-refractivity contribution is 0.149. The van der Waals surface area contributed by atoms with Crippen molar-refractivity contribution in [3.8, 4) is 11.3 Å². The van der Waals surface area contributed by atoms with Crippen molar-refractivity contribution < 1.29 is 0 Å². The van der Waals surface area contributed by atoms with Gasteiger partial charge in [-0.2, -0.15) is 5.10 Å². The van der Waals surface area contributed by atoms with Crippen LogP contribution in [-0.2, 0) is 6.54 Å². The first-order valence-corrected chi connectivity index (χ1v) is 10.6. The van der Waals surface area contributed by atoms with Gasteiger partial charge in [-0.25, -0.2) is 9.67 Å². The molecule has 1 fully saturated rings. The summed E-state index contributed by atoms with van der Waals surface area (Å²) in [7, 11) is 2.18. The van der Waals surface area contributed by atoms with Crippen LogP contribution in [0.15, 0.2) is 49.1 Å². The Labute approximate surface area is 180 Å². The molecule has 2 N–H and O–H groups in total. The van der Waals surface area contributed by atoms with E-state index in [2.05, 4.69) is 44.8 Å². The van der Waals surface area contributed by atoms with Gasteiger partial charge >= 0.3 is 0 Å². The van der Waals surface area contributed by atoms with Gasteiger partial charge in [-0.05, 0) is 7.05 Å². The van der Waals surface area contributed by atoms with E-state index in [1.807, 2.05) is 33.6 Å². The molecule has 156 valence electrons. The number of rotatable bonds is 5. The SMILES string of the molecule is CN1CCN(CCn2nc(-c3ccccc3)c3c2NNC(n2ccnc2)=C3Cl)CC1. The highest BCUT2D eigenvalue weighted by Gasteiger charge is 2.28. The molecule has 1 saturated heterocycles. The third kappa shape index (κ3) is 3.58. The fourth-order valence-corrected chi connectivity index (χ4v) is 4.25. The summed E-state index contributed by atoms with van der Waals surface area (Å²) in [4.78, 5) is 8.99. The predicted molar refractivity (Wildman–Crippen MR) is 120 cm³/mol. The molecule has 2 aliphatic heterocycles. The number of halogens is 1. The highest BCUT2D eigenvalue weighted by atomic mass is 35.5. The van der Waals surface area contributed by atoms with Crippen molar-refractivity contribution in [2.45, 2.75) is 6.54 Å². The molecule has 0 aliphatic carbocycles. The van der Waals surface area contributed by atoms with Crippen LogP contribution < -0.4 is 10.9 Å². The maximum absolute atomic E-state index is 6.90. The molecule has 4 heterocycles. The second-order valence-corrected chi connectivity index (χ2v) is 8.07. The number of benzene rings is 1. The van der Waals surface area contributed by atoms with Gasteiger partial charge in [0.1, 0.15) is 17.8 Å². The molecule has 0 spiro atoms. The molecule has 9 heteroatoms. The molecule has 8 nitrogen and oxygen atoms in total. The zero-order chi connectivity index (χ0) is 20.5. The smallest absolute Gasteiger partial charge is 0.152 e. The van der Waals surface area contributed by atoms with E-state index in [0.717, 1.165) is 67.7 Å². The van der Waals surface area contributed by atoms with Gasteiger partial charge in [-0.1, -0.05) is 41.9 Å². The minimum absolute atomic E-state index is 0.617. The highest BCUT2D eigenvalue weighted by Crippen LogP contribution is 2.40. The monoisotopic (exact) mass is 424 g/mol. The summed E-state index contributed by atoms with van der Waals surface area (Å²) >= 11 is 6.90. The Morgan fingerprint density at radius 3 is 2.57 bits per heavy atom. The zero-order valence-electron chi connectivity index (χ0n) is 16.9. The largest absolute Gasteiger partial charge is 0.304 e. The van der Waals surface area contributed by atoms with E-state index in [-0.39, 0.29) is 0 Å². The fraction of sp³-hybridized carbons (Fsp3) is 0.333. The van der Waals surface area contributed by atoms with Crippen LogP contribution >= 0.6 is 11.6 Å². The number of hydrogen-bond acceptors (Lipinski definition) is 6. The van der Waals surface area contributed by atoms with Crippen molar-refractivity contribution in [1.82, 2.24) is 34.6 Å². The average Bonchev–Trinajstić information content (AvgIpc) is 3.43. The Morgan fingerprint density at radius 2 is 1.83 bits per heavy atom. The topological polar surface area (TPSA) is 66.2 Å². The summed E-state index contributed by atoms with van der Waals surface area (Å²) in [5.74, 6) is 1.62. The number of nitrogens with zero attached hydrogens (tertiary/aromatic N) is 6. The molecule has 5 rings (SSSR count). The third-order valence-electron chi connectivity index (χ3n) is 5.71. The first kappa shape index (κ1) is 19.2. The number of aromatic nitrogens is 4. The summed E-state index contributed by atoms with van der Waals surface area (Å²) in [6.07, 6.45) is 5.31. The first-order valence-electron chi connectivity index (χ1n) is 10.2. The Balaban J connectivity index is 1.50. The van der Waals surface area contributed by atoms with E-state index in [0.29, 0.717) is 5.03 Å². The second kappa shape index (κ2) is 8.14. The highest BCUT2D eigenvalue weighted by molar-refractivity contribution is 6.53. The average molecular weight is 425 g/mol. The van der Waals surface area contributed by atoms with Gasteiger partial charge in [0.2, 0.25) is 0 Å². The van der Waals surface area contributed by atoms with Crippen molar-refractivity contribution in [3.05, 3.63) is 54.6 Å². The summed E-state index contributed by atoms with van der Waals surface area (Å²) in [6, 6.07) is 10.2. The molecule has 2 aliphatic rings. The number of nitrogens with one attached hydrogen (secondary N) is 2. The van der Waals surface area contributed by atoms with E-state index < -0.39 is 0 Å². The first-order chi connectivity index (χ1) is 14.7. The van der Waals surface area contributed by atoms with E-state index in [1.165, 1.54) is 0 Å². The molecule has 30 heavy (non-hydrogen) atoms. The van der Waals surface area contributed by atoms with Gasteiger partial charge in [0.15, 0.2) is 5.82 Å². The van der Waals surface area contributed by atoms with E-state index in [9.17, 15) is 0 Å². The Kier molecular flexibility index (Phi) is 5.20. The molecule has 0 amide bonds. The number of anilines is 1. The zero-order valence-corrected chi connectivity index (χ0v) is 17.7. The number of hydrazine groups is 1. The molecule has 0 radical (unpaired) electrons. The summed E-state index contributed by atoms with van der Waals surface area (Å²) in [5.41, 5.74) is 9.36. The summed E-state index contributed by atoms with van der Waals surface area (Å²) in [6.45, 7) is 6.13. The normalized spacial score (nSPS) is 17.5. The van der Waals surface area contributed by atoms with Gasteiger partial charge in [0.25, 0.3) is 0 Å². The van der Waals surface area contributed by atoms with Crippen LogP contribution in [0.3, 0.4) is 0 Å². The molecule has 0 unspecified atom stereocenters. The van der Waals surface area contributed by atoms with Crippen LogP contribution in [0.2, 0.25) is 0 Å². The lowest BCUT2D eigenvalue weighted by Gasteiger charge is -2.32. The Morgan fingerprint density at radius 1 is 1.03 bits per heavy atom. The van der Waals surface area contributed by atoms with Gasteiger partial charge in [0, 0.05) is 50.7 Å². The standard InChI is InChI=1S/C21H25ClN8/c1-27-9-11-28(12-10-27)13-14-30-20-17(19(26-30)16-5-3-2-4-6-16)18(22)21(25-24-20)29-8-7-23-15-29/h2-8,15,24-25H,9-14H2,1H3. The van der Waals surface area contributed by atoms with Gasteiger partial charge < -0.3 is 4.90 Å². The van der Waals surface area contributed by atoms with E-state index in [1.54, 1.807) is 12.5 Å². The Bertz CT molecular complexity index is 1030. The summed E-state index contributed by atoms with van der Waals surface area (Å²) in [5, 5.41) is 5.58. The van der Waals surface area contributed by atoms with E-state index in [4.69, 9.17) is 16.7 Å². The molecular weight excluding hydrogens is 400 g/mol. The number of piperazine rings is 1. The molecule has 3 aromatic rings. The van der Waals surface area contributed by atoms with Crippen molar-refractivity contribution in [1.29, 1.82) is 0 Å². The van der Waals surface area contributed by atoms with Gasteiger partial charge in [-0.15, -0.1) is 0 Å². The van der Waals surface area contributed by atoms with Crippen LogP contribution in [0.4, 0.5) is 5.82 Å². The maximum Gasteiger partial charge on any atom is 0.152 e. The molecule has 0 atom stereocenters. The van der Waals surface area contributed by atoms with Gasteiger partial charge in [-0.3, -0.25) is 20.3 Å². The molecular formula is C21H25ClN8. The second-order valence-electron chi connectivity index (χ2n) is 7.69. The molecule has 0 saturated carbocycles. The lowest BCUT2D eigenvalue weighted by Crippen LogP contribution is -2.45. The van der Waals surface area contributed by atoms with Gasteiger partial charge in [0.05, 0.1) is 17.1 Å². The van der Waals surface area contributed by atoms with Crippen LogP contribution in [-0.4, -0.2) is 68.9 Å². The van der Waals surface area contributed by atoms with Crippen LogP contribution in [0, 0.1) is 0 Å². The van der Waals surface area contributed by atoms with Crippen molar-refractivity contribution in [2.75, 3.05) is 45.2 Å². The van der Waals surface area contributed by atoms with Crippen LogP contribution in [0.5, 0.6) is 0 Å². The molecule has 1 aromatic carbocycles.